The molecular weight excluding hydrogens is 364 g/mol. The normalized spacial score (nSPS) is 20.0. The highest BCUT2D eigenvalue weighted by molar-refractivity contribution is 5.51. The van der Waals surface area contributed by atoms with Crippen LogP contribution in [0.5, 0.6) is 5.75 Å². The molecule has 1 aliphatic rings. The highest BCUT2D eigenvalue weighted by atomic mass is 16.5. The van der Waals surface area contributed by atoms with E-state index in [4.69, 9.17) is 4.74 Å². The molecule has 1 heterocycles. The van der Waals surface area contributed by atoms with Crippen molar-refractivity contribution in [3.05, 3.63) is 63.8 Å². The largest absolute Gasteiger partial charge is 0.483 e. The van der Waals surface area contributed by atoms with E-state index in [0.29, 0.717) is 0 Å². The van der Waals surface area contributed by atoms with Gasteiger partial charge in [0.15, 0.2) is 0 Å². The molecule has 0 saturated heterocycles. The fourth-order valence-electron chi connectivity index (χ4n) is 4.26. The van der Waals surface area contributed by atoms with Crippen molar-refractivity contribution in [2.24, 2.45) is 5.92 Å². The second-order valence-electron chi connectivity index (χ2n) is 10.1. The SMILES string of the molecule is CC(=CC=C[C@@]1(C)CCc2c(C)cc(C)c(C)c2O1)CC/C=C(\C)CCCC(C)C. The summed E-state index contributed by atoms with van der Waals surface area (Å²) in [7, 11) is 0. The van der Waals surface area contributed by atoms with Crippen LogP contribution in [0.4, 0.5) is 0 Å². The van der Waals surface area contributed by atoms with Crippen LogP contribution in [0.25, 0.3) is 0 Å². The summed E-state index contributed by atoms with van der Waals surface area (Å²) in [5.74, 6) is 1.93. The minimum Gasteiger partial charge on any atom is -0.483 e. The Morgan fingerprint density at radius 2 is 1.83 bits per heavy atom. The van der Waals surface area contributed by atoms with Gasteiger partial charge < -0.3 is 4.74 Å². The molecule has 1 aromatic carbocycles. The Bertz CT molecular complexity index is 806. The Hall–Kier alpha value is -1.76. The molecule has 1 aromatic rings. The molecule has 0 spiro atoms. The van der Waals surface area contributed by atoms with Gasteiger partial charge in [-0.2, -0.15) is 0 Å². The third-order valence-electron chi connectivity index (χ3n) is 6.54. The Balaban J connectivity index is 1.90. The number of fused-ring (bicyclic) bond motifs is 1. The first-order valence-corrected chi connectivity index (χ1v) is 11.9. The smallest absolute Gasteiger partial charge is 0.127 e. The number of benzene rings is 1. The van der Waals surface area contributed by atoms with Crippen LogP contribution in [0.1, 0.15) is 95.4 Å². The topological polar surface area (TPSA) is 9.23 Å². The Morgan fingerprint density at radius 1 is 1.10 bits per heavy atom. The molecule has 1 nitrogen and oxygen atoms in total. The molecule has 0 radical (unpaired) electrons. The molecular formula is C29H44O. The number of rotatable bonds is 9. The van der Waals surface area contributed by atoms with Crippen molar-refractivity contribution in [2.75, 3.05) is 0 Å². The van der Waals surface area contributed by atoms with Gasteiger partial charge in [0.2, 0.25) is 0 Å². The molecule has 0 N–H and O–H groups in total. The summed E-state index contributed by atoms with van der Waals surface area (Å²) in [4.78, 5) is 0. The predicted octanol–water partition coefficient (Wildman–Crippen LogP) is 8.75. The summed E-state index contributed by atoms with van der Waals surface area (Å²) in [5.41, 5.74) is 8.12. The first-order chi connectivity index (χ1) is 14.1. The lowest BCUT2D eigenvalue weighted by Crippen LogP contribution is -2.34. The number of aryl methyl sites for hydroxylation is 2. The molecule has 1 aliphatic heterocycles. The average Bonchev–Trinajstić information content (AvgIpc) is 2.65. The quantitative estimate of drug-likeness (QED) is 0.293. The van der Waals surface area contributed by atoms with Crippen molar-refractivity contribution in [3.8, 4) is 5.75 Å². The minimum absolute atomic E-state index is 0.221. The zero-order valence-corrected chi connectivity index (χ0v) is 20.8. The van der Waals surface area contributed by atoms with Crippen LogP contribution >= 0.6 is 0 Å². The molecule has 1 heteroatoms. The van der Waals surface area contributed by atoms with E-state index in [1.54, 1.807) is 5.57 Å². The molecule has 0 aliphatic carbocycles. The lowest BCUT2D eigenvalue weighted by atomic mass is 9.87. The van der Waals surface area contributed by atoms with Crippen LogP contribution in [-0.4, -0.2) is 5.60 Å². The van der Waals surface area contributed by atoms with Crippen molar-refractivity contribution in [1.82, 2.24) is 0 Å². The maximum Gasteiger partial charge on any atom is 0.127 e. The van der Waals surface area contributed by atoms with Crippen molar-refractivity contribution in [2.45, 2.75) is 106 Å². The van der Waals surface area contributed by atoms with Crippen molar-refractivity contribution < 1.29 is 4.74 Å². The Labute approximate surface area is 186 Å². The van der Waals surface area contributed by atoms with E-state index in [1.807, 2.05) is 0 Å². The summed E-state index contributed by atoms with van der Waals surface area (Å²) in [6.45, 7) is 17.9. The summed E-state index contributed by atoms with van der Waals surface area (Å²) >= 11 is 0. The summed E-state index contributed by atoms with van der Waals surface area (Å²) < 4.78 is 6.53. The van der Waals surface area contributed by atoms with E-state index in [2.05, 4.69) is 85.8 Å². The number of hydrogen-bond acceptors (Lipinski definition) is 1. The average molecular weight is 409 g/mol. The molecule has 0 unspecified atom stereocenters. The van der Waals surface area contributed by atoms with Gasteiger partial charge in [0, 0.05) is 0 Å². The lowest BCUT2D eigenvalue weighted by Gasteiger charge is -2.35. The summed E-state index contributed by atoms with van der Waals surface area (Å²) in [5, 5.41) is 0. The highest BCUT2D eigenvalue weighted by Crippen LogP contribution is 2.39. The molecule has 30 heavy (non-hydrogen) atoms. The zero-order chi connectivity index (χ0) is 22.3. The molecule has 0 saturated carbocycles. The first-order valence-electron chi connectivity index (χ1n) is 11.9. The van der Waals surface area contributed by atoms with Gasteiger partial charge in [0.05, 0.1) is 0 Å². The molecule has 2 rings (SSSR count). The molecule has 0 amide bonds. The van der Waals surface area contributed by atoms with E-state index in [-0.39, 0.29) is 5.60 Å². The monoisotopic (exact) mass is 408 g/mol. The van der Waals surface area contributed by atoms with Crippen LogP contribution in [0, 0.1) is 26.7 Å². The molecule has 0 fully saturated rings. The van der Waals surface area contributed by atoms with Crippen LogP contribution in [0.15, 0.2) is 41.5 Å². The fraction of sp³-hybridized carbons (Fsp3) is 0.586. The van der Waals surface area contributed by atoms with Crippen molar-refractivity contribution in [1.29, 1.82) is 0 Å². The van der Waals surface area contributed by atoms with Crippen molar-refractivity contribution >= 4 is 0 Å². The number of allylic oxidation sites excluding steroid dienone is 5. The van der Waals surface area contributed by atoms with Gasteiger partial charge in [-0.3, -0.25) is 0 Å². The molecule has 1 atom stereocenters. The van der Waals surface area contributed by atoms with E-state index < -0.39 is 0 Å². The maximum absolute atomic E-state index is 6.53. The van der Waals surface area contributed by atoms with Gasteiger partial charge in [-0.1, -0.05) is 55.7 Å². The number of hydrogen-bond donors (Lipinski definition) is 0. The van der Waals surface area contributed by atoms with Gasteiger partial charge in [-0.05, 0) is 114 Å². The fourth-order valence-corrected chi connectivity index (χ4v) is 4.26. The van der Waals surface area contributed by atoms with Gasteiger partial charge in [0.1, 0.15) is 11.4 Å². The Morgan fingerprint density at radius 3 is 2.53 bits per heavy atom. The van der Waals surface area contributed by atoms with E-state index >= 15 is 0 Å². The second kappa shape index (κ2) is 11.0. The van der Waals surface area contributed by atoms with Crippen molar-refractivity contribution in [3.63, 3.8) is 0 Å². The first kappa shape index (κ1) is 24.5. The Kier molecular flexibility index (Phi) is 9.01. The second-order valence-corrected chi connectivity index (χ2v) is 10.1. The van der Waals surface area contributed by atoms with Gasteiger partial charge >= 0.3 is 0 Å². The zero-order valence-electron chi connectivity index (χ0n) is 20.8. The maximum atomic E-state index is 6.53. The molecule has 166 valence electrons. The summed E-state index contributed by atoms with van der Waals surface area (Å²) in [6.07, 6.45) is 17.4. The van der Waals surface area contributed by atoms with E-state index in [0.717, 1.165) is 37.4 Å². The highest BCUT2D eigenvalue weighted by Gasteiger charge is 2.31. The lowest BCUT2D eigenvalue weighted by molar-refractivity contribution is 0.113. The van der Waals surface area contributed by atoms with Gasteiger partial charge in [0.25, 0.3) is 0 Å². The minimum atomic E-state index is -0.221. The third-order valence-corrected chi connectivity index (χ3v) is 6.54. The van der Waals surface area contributed by atoms with Crippen LogP contribution in [-0.2, 0) is 6.42 Å². The molecule has 0 aromatic heterocycles. The summed E-state index contributed by atoms with van der Waals surface area (Å²) in [6, 6.07) is 2.29. The van der Waals surface area contributed by atoms with Gasteiger partial charge in [-0.25, -0.2) is 0 Å². The predicted molar refractivity (Wildman–Crippen MR) is 133 cm³/mol. The van der Waals surface area contributed by atoms with Gasteiger partial charge in [-0.15, -0.1) is 0 Å². The molecule has 0 bridgehead atoms. The van der Waals surface area contributed by atoms with Crippen LogP contribution < -0.4 is 4.74 Å². The third kappa shape index (κ3) is 7.18. The van der Waals surface area contributed by atoms with Crippen LogP contribution in [0.3, 0.4) is 0 Å². The van der Waals surface area contributed by atoms with E-state index in [9.17, 15) is 0 Å². The van der Waals surface area contributed by atoms with Crippen LogP contribution in [0.2, 0.25) is 0 Å². The standard InChI is InChI=1S/C29H44O/c1-21(2)12-9-13-22(3)14-10-15-23(4)16-11-18-29(8)19-17-27-25(6)20-24(5)26(7)28(27)30-29/h11,14,16,18,20-21H,9-10,12-13,15,17,19H2,1-8H3/b18-11?,22-14+,23-16?/t29-/m0/s1. The van der Waals surface area contributed by atoms with E-state index in [1.165, 1.54) is 47.1 Å². The number of ether oxygens (including phenoxy) is 1.